The average Bonchev–Trinajstić information content (AvgIpc) is 2.95. The van der Waals surface area contributed by atoms with Gasteiger partial charge >= 0.3 is 0 Å². The van der Waals surface area contributed by atoms with E-state index in [1.54, 1.807) is 13.8 Å². The van der Waals surface area contributed by atoms with Crippen LogP contribution in [0.1, 0.15) is 48.9 Å². The molecule has 1 aliphatic carbocycles. The van der Waals surface area contributed by atoms with Crippen molar-refractivity contribution < 1.29 is 23.5 Å². The third-order valence-corrected chi connectivity index (χ3v) is 6.06. The minimum atomic E-state index is -1.18. The van der Waals surface area contributed by atoms with Crippen molar-refractivity contribution in [1.29, 1.82) is 0 Å². The molecule has 1 spiro atoms. The van der Waals surface area contributed by atoms with Crippen LogP contribution >= 0.6 is 0 Å². The van der Waals surface area contributed by atoms with Crippen LogP contribution in [-0.4, -0.2) is 45.1 Å². The number of carbonyl (C=O) groups excluding carboxylic acids is 2. The van der Waals surface area contributed by atoms with Crippen molar-refractivity contribution in [3.8, 4) is 0 Å². The van der Waals surface area contributed by atoms with Gasteiger partial charge in [0.15, 0.2) is 0 Å². The number of carbonyl (C=O) groups is 2. The molecule has 2 N–H and O–H groups in total. The molecular formula is C22H24F2N4O3. The number of aliphatic hydroxyl groups is 1. The predicted molar refractivity (Wildman–Crippen MR) is 108 cm³/mol. The number of halogens is 2. The molecule has 2 heterocycles. The van der Waals surface area contributed by atoms with Gasteiger partial charge in [0.05, 0.1) is 11.0 Å². The standard InChI is InChI=1S/C22H24F2N4O3/c1-13-25-5-3-18(26-13)19(29)27-16-10-21(2,31)12-22(11-16)4-6-28(20(22)30)17-8-14(23)7-15(24)9-17/h3,5,7-9,16,31H,4,6,10-12H2,1-2H3,(H,27,29)/t16-,21+,22-/m1/s1. The summed E-state index contributed by atoms with van der Waals surface area (Å²) in [7, 11) is 0. The summed E-state index contributed by atoms with van der Waals surface area (Å²) in [5.74, 6) is -1.76. The molecular weight excluding hydrogens is 406 g/mol. The van der Waals surface area contributed by atoms with Gasteiger partial charge in [-0.25, -0.2) is 18.7 Å². The molecule has 9 heteroatoms. The van der Waals surface area contributed by atoms with E-state index in [0.29, 0.717) is 18.7 Å². The van der Waals surface area contributed by atoms with E-state index >= 15 is 0 Å². The highest BCUT2D eigenvalue weighted by molar-refractivity contribution is 6.00. The minimum Gasteiger partial charge on any atom is -0.390 e. The molecule has 164 valence electrons. The Labute approximate surface area is 178 Å². The molecule has 0 unspecified atom stereocenters. The summed E-state index contributed by atoms with van der Waals surface area (Å²) in [5.41, 5.74) is -1.75. The van der Waals surface area contributed by atoms with E-state index in [4.69, 9.17) is 0 Å². The number of nitrogens with one attached hydrogen (secondary N) is 1. The van der Waals surface area contributed by atoms with E-state index in [-0.39, 0.29) is 36.7 Å². The highest BCUT2D eigenvalue weighted by Gasteiger charge is 2.55. The normalized spacial score (nSPS) is 28.2. The Morgan fingerprint density at radius 1 is 1.26 bits per heavy atom. The number of nitrogens with zero attached hydrogens (tertiary/aromatic N) is 3. The fourth-order valence-electron chi connectivity index (χ4n) is 5.01. The Bertz CT molecular complexity index is 1020. The zero-order valence-electron chi connectivity index (χ0n) is 17.4. The lowest BCUT2D eigenvalue weighted by Crippen LogP contribution is -2.53. The lowest BCUT2D eigenvalue weighted by Gasteiger charge is -2.44. The van der Waals surface area contributed by atoms with E-state index in [1.807, 2.05) is 0 Å². The van der Waals surface area contributed by atoms with Gasteiger partial charge in [-0.3, -0.25) is 9.59 Å². The molecule has 1 aliphatic heterocycles. The lowest BCUT2D eigenvalue weighted by molar-refractivity contribution is -0.134. The molecule has 31 heavy (non-hydrogen) atoms. The van der Waals surface area contributed by atoms with Crippen LogP contribution in [0, 0.1) is 24.0 Å². The van der Waals surface area contributed by atoms with E-state index in [9.17, 15) is 23.5 Å². The topological polar surface area (TPSA) is 95.4 Å². The van der Waals surface area contributed by atoms with Gasteiger partial charge in [-0.15, -0.1) is 0 Å². The van der Waals surface area contributed by atoms with Gasteiger partial charge in [0.2, 0.25) is 5.91 Å². The summed E-state index contributed by atoms with van der Waals surface area (Å²) in [5, 5.41) is 13.8. The maximum absolute atomic E-state index is 13.7. The Balaban J connectivity index is 1.56. The molecule has 1 saturated carbocycles. The lowest BCUT2D eigenvalue weighted by atomic mass is 9.65. The number of hydrogen-bond donors (Lipinski definition) is 2. The van der Waals surface area contributed by atoms with Crippen LogP contribution in [0.5, 0.6) is 0 Å². The van der Waals surface area contributed by atoms with Crippen molar-refractivity contribution in [2.75, 3.05) is 11.4 Å². The fraction of sp³-hybridized carbons (Fsp3) is 0.455. The van der Waals surface area contributed by atoms with E-state index in [0.717, 1.165) is 18.2 Å². The van der Waals surface area contributed by atoms with Gasteiger partial charge in [-0.05, 0) is 57.7 Å². The maximum atomic E-state index is 13.7. The van der Waals surface area contributed by atoms with Crippen LogP contribution < -0.4 is 10.2 Å². The summed E-state index contributed by atoms with van der Waals surface area (Å²) in [6.07, 6.45) is 2.73. The van der Waals surface area contributed by atoms with Crippen molar-refractivity contribution in [3.05, 3.63) is 53.6 Å². The van der Waals surface area contributed by atoms with E-state index in [1.165, 1.54) is 17.2 Å². The van der Waals surface area contributed by atoms with Gasteiger partial charge in [-0.2, -0.15) is 0 Å². The largest absolute Gasteiger partial charge is 0.390 e. The van der Waals surface area contributed by atoms with Crippen LogP contribution in [0.25, 0.3) is 0 Å². The van der Waals surface area contributed by atoms with Gasteiger partial charge in [0.25, 0.3) is 5.91 Å². The summed E-state index contributed by atoms with van der Waals surface area (Å²) in [4.78, 5) is 35.5. The summed E-state index contributed by atoms with van der Waals surface area (Å²) < 4.78 is 27.4. The number of rotatable bonds is 3. The summed E-state index contributed by atoms with van der Waals surface area (Å²) in [6.45, 7) is 3.60. The van der Waals surface area contributed by atoms with E-state index in [2.05, 4.69) is 15.3 Å². The van der Waals surface area contributed by atoms with Crippen molar-refractivity contribution in [2.24, 2.45) is 5.41 Å². The predicted octanol–water partition coefficient (Wildman–Crippen LogP) is 2.52. The van der Waals surface area contributed by atoms with Crippen LogP contribution in [0.4, 0.5) is 14.5 Å². The third kappa shape index (κ3) is 4.27. The second-order valence-electron chi connectivity index (χ2n) is 8.86. The average molecular weight is 430 g/mol. The van der Waals surface area contributed by atoms with Crippen LogP contribution in [0.2, 0.25) is 0 Å². The third-order valence-electron chi connectivity index (χ3n) is 6.06. The van der Waals surface area contributed by atoms with Crippen molar-refractivity contribution in [1.82, 2.24) is 15.3 Å². The smallest absolute Gasteiger partial charge is 0.270 e. The Morgan fingerprint density at radius 3 is 2.65 bits per heavy atom. The maximum Gasteiger partial charge on any atom is 0.270 e. The van der Waals surface area contributed by atoms with Gasteiger partial charge in [0, 0.05) is 30.5 Å². The molecule has 4 rings (SSSR count). The van der Waals surface area contributed by atoms with Crippen molar-refractivity contribution >= 4 is 17.5 Å². The molecule has 2 aromatic rings. The highest BCUT2D eigenvalue weighted by atomic mass is 19.1. The number of hydrogen-bond acceptors (Lipinski definition) is 5. The van der Waals surface area contributed by atoms with Crippen molar-refractivity contribution in [3.63, 3.8) is 0 Å². The molecule has 1 saturated heterocycles. The molecule has 0 radical (unpaired) electrons. The van der Waals surface area contributed by atoms with Gasteiger partial charge in [0.1, 0.15) is 23.2 Å². The minimum absolute atomic E-state index is 0.154. The second kappa shape index (κ2) is 7.64. The first kappa shape index (κ1) is 21.3. The quantitative estimate of drug-likeness (QED) is 0.780. The van der Waals surface area contributed by atoms with Gasteiger partial charge < -0.3 is 15.3 Å². The first-order valence-corrected chi connectivity index (χ1v) is 10.2. The Hall–Kier alpha value is -2.94. The number of benzene rings is 1. The number of anilines is 1. The highest BCUT2D eigenvalue weighted by Crippen LogP contribution is 2.49. The Morgan fingerprint density at radius 2 is 1.97 bits per heavy atom. The van der Waals surface area contributed by atoms with Crippen LogP contribution in [0.3, 0.4) is 0 Å². The molecule has 3 atom stereocenters. The van der Waals surface area contributed by atoms with Crippen LogP contribution in [-0.2, 0) is 4.79 Å². The first-order valence-electron chi connectivity index (χ1n) is 10.2. The van der Waals surface area contributed by atoms with Crippen LogP contribution in [0.15, 0.2) is 30.5 Å². The molecule has 2 aliphatic rings. The zero-order chi connectivity index (χ0) is 22.4. The van der Waals surface area contributed by atoms with Crippen molar-refractivity contribution in [2.45, 2.75) is 51.2 Å². The number of aryl methyl sites for hydroxylation is 1. The Kier molecular flexibility index (Phi) is 5.25. The molecule has 7 nitrogen and oxygen atoms in total. The summed E-state index contributed by atoms with van der Waals surface area (Å²) >= 11 is 0. The van der Waals surface area contributed by atoms with Gasteiger partial charge in [-0.1, -0.05) is 0 Å². The number of amides is 2. The SMILES string of the molecule is Cc1nccc(C(=O)N[C@@H]2C[C@](C)(O)C[C@@]3(CCN(c4cc(F)cc(F)c4)C3=O)C2)n1. The molecule has 2 amide bonds. The molecule has 1 aromatic heterocycles. The fourth-order valence-corrected chi connectivity index (χ4v) is 5.01. The zero-order valence-corrected chi connectivity index (χ0v) is 17.4. The van der Waals surface area contributed by atoms with E-state index < -0.39 is 34.6 Å². The molecule has 1 aromatic carbocycles. The first-order chi connectivity index (χ1) is 14.6. The second-order valence-corrected chi connectivity index (χ2v) is 8.86. The molecule has 2 fully saturated rings. The number of aromatic nitrogens is 2. The summed E-state index contributed by atoms with van der Waals surface area (Å²) in [6, 6.07) is 4.04. The molecule has 0 bridgehead atoms. The monoisotopic (exact) mass is 430 g/mol.